The molecule has 0 spiro atoms. The molecule has 0 atom stereocenters. The number of hydrogen-bond donors (Lipinski definition) is 1. The fraction of sp³-hybridized carbons (Fsp3) is 0.462. The zero-order valence-corrected chi connectivity index (χ0v) is 9.70. The van der Waals surface area contributed by atoms with E-state index in [1.54, 1.807) is 0 Å². The van der Waals surface area contributed by atoms with Crippen LogP contribution < -0.4 is 5.73 Å². The van der Waals surface area contributed by atoms with Gasteiger partial charge in [-0.15, -0.1) is 0 Å². The summed E-state index contributed by atoms with van der Waals surface area (Å²) in [4.78, 5) is 13.9. The molecular formula is C13H18N2O. The van der Waals surface area contributed by atoms with Crippen LogP contribution in [0.4, 0.5) is 0 Å². The van der Waals surface area contributed by atoms with Crippen molar-refractivity contribution in [1.29, 1.82) is 0 Å². The molecule has 0 fully saturated rings. The predicted molar refractivity (Wildman–Crippen MR) is 64.5 cm³/mol. The highest BCUT2D eigenvalue weighted by atomic mass is 16.2. The number of benzene rings is 1. The second-order valence-electron chi connectivity index (χ2n) is 4.18. The lowest BCUT2D eigenvalue weighted by atomic mass is 9.96. The molecule has 2 rings (SSSR count). The first-order valence-electron chi connectivity index (χ1n) is 5.87. The summed E-state index contributed by atoms with van der Waals surface area (Å²) in [5.74, 6) is 0.134. The van der Waals surface area contributed by atoms with Crippen LogP contribution in [0.25, 0.3) is 0 Å². The van der Waals surface area contributed by atoms with E-state index in [0.29, 0.717) is 13.1 Å². The zero-order valence-electron chi connectivity index (χ0n) is 9.70. The number of rotatable bonds is 3. The van der Waals surface area contributed by atoms with Crippen molar-refractivity contribution in [3.63, 3.8) is 0 Å². The number of nitrogens with zero attached hydrogens (tertiary/aromatic N) is 1. The third kappa shape index (κ3) is 1.95. The van der Waals surface area contributed by atoms with Crippen LogP contribution in [-0.4, -0.2) is 30.4 Å². The molecule has 1 aliphatic rings. The van der Waals surface area contributed by atoms with Crippen molar-refractivity contribution >= 4 is 5.91 Å². The van der Waals surface area contributed by atoms with E-state index in [4.69, 9.17) is 5.73 Å². The second-order valence-corrected chi connectivity index (χ2v) is 4.18. The minimum Gasteiger partial charge on any atom is -0.337 e. The van der Waals surface area contributed by atoms with E-state index < -0.39 is 0 Å². The Kier molecular flexibility index (Phi) is 3.25. The summed E-state index contributed by atoms with van der Waals surface area (Å²) in [6.45, 7) is 4.13. The van der Waals surface area contributed by atoms with Gasteiger partial charge in [0.1, 0.15) is 0 Å². The maximum absolute atomic E-state index is 12.1. The molecule has 2 N–H and O–H groups in total. The Bertz CT molecular complexity index is 401. The molecule has 0 saturated carbocycles. The van der Waals surface area contributed by atoms with Crippen molar-refractivity contribution in [3.8, 4) is 0 Å². The number of carbonyl (C=O) groups is 1. The molecule has 0 saturated heterocycles. The fourth-order valence-electron chi connectivity index (χ4n) is 2.18. The number of fused-ring (bicyclic) bond motifs is 1. The Morgan fingerprint density at radius 2 is 2.25 bits per heavy atom. The van der Waals surface area contributed by atoms with E-state index in [2.05, 4.69) is 13.0 Å². The third-order valence-electron chi connectivity index (χ3n) is 3.15. The fourth-order valence-corrected chi connectivity index (χ4v) is 2.18. The van der Waals surface area contributed by atoms with Crippen molar-refractivity contribution in [2.45, 2.75) is 19.8 Å². The van der Waals surface area contributed by atoms with Crippen molar-refractivity contribution in [3.05, 3.63) is 34.9 Å². The summed E-state index contributed by atoms with van der Waals surface area (Å²) in [5.41, 5.74) is 8.85. The summed E-state index contributed by atoms with van der Waals surface area (Å²) in [7, 11) is 0. The number of aryl methyl sites for hydroxylation is 1. The highest BCUT2D eigenvalue weighted by Crippen LogP contribution is 2.20. The van der Waals surface area contributed by atoms with Crippen LogP contribution in [-0.2, 0) is 12.8 Å². The van der Waals surface area contributed by atoms with E-state index >= 15 is 0 Å². The van der Waals surface area contributed by atoms with Crippen LogP contribution in [0.15, 0.2) is 18.2 Å². The molecule has 1 heterocycles. The lowest BCUT2D eigenvalue weighted by Gasteiger charge is -2.28. The summed E-state index contributed by atoms with van der Waals surface area (Å²) < 4.78 is 0. The predicted octanol–water partition coefficient (Wildman–Crippen LogP) is 1.21. The number of nitrogens with two attached hydrogens (primary N) is 1. The topological polar surface area (TPSA) is 46.3 Å². The maximum Gasteiger partial charge on any atom is 0.254 e. The Balaban J connectivity index is 2.28. The van der Waals surface area contributed by atoms with Gasteiger partial charge in [0.05, 0.1) is 0 Å². The van der Waals surface area contributed by atoms with Crippen LogP contribution in [0.3, 0.4) is 0 Å². The van der Waals surface area contributed by atoms with Gasteiger partial charge in [-0.2, -0.15) is 0 Å². The van der Waals surface area contributed by atoms with E-state index in [9.17, 15) is 4.79 Å². The summed E-state index contributed by atoms with van der Waals surface area (Å²) >= 11 is 0. The molecule has 0 unspecified atom stereocenters. The largest absolute Gasteiger partial charge is 0.337 e. The van der Waals surface area contributed by atoms with E-state index in [0.717, 1.165) is 24.9 Å². The molecule has 3 heteroatoms. The van der Waals surface area contributed by atoms with Gasteiger partial charge in [-0.05, 0) is 30.0 Å². The lowest BCUT2D eigenvalue weighted by Crippen LogP contribution is -2.40. The van der Waals surface area contributed by atoms with Gasteiger partial charge in [0.25, 0.3) is 5.91 Å². The first-order chi connectivity index (χ1) is 7.76. The molecule has 0 radical (unpaired) electrons. The van der Waals surface area contributed by atoms with Crippen LogP contribution in [0.2, 0.25) is 0 Å². The molecule has 3 nitrogen and oxygen atoms in total. The van der Waals surface area contributed by atoms with Gasteiger partial charge in [-0.1, -0.05) is 19.1 Å². The summed E-state index contributed by atoms with van der Waals surface area (Å²) in [5, 5.41) is 0. The Morgan fingerprint density at radius 3 is 2.94 bits per heavy atom. The van der Waals surface area contributed by atoms with Crippen molar-refractivity contribution in [2.75, 3.05) is 19.6 Å². The summed E-state index contributed by atoms with van der Waals surface area (Å²) in [6, 6.07) is 6.16. The third-order valence-corrected chi connectivity index (χ3v) is 3.15. The molecule has 0 aliphatic carbocycles. The molecule has 1 aromatic carbocycles. The first kappa shape index (κ1) is 11.1. The molecule has 86 valence electrons. The van der Waals surface area contributed by atoms with E-state index in [1.807, 2.05) is 17.0 Å². The molecular weight excluding hydrogens is 200 g/mol. The van der Waals surface area contributed by atoms with Crippen LogP contribution in [0, 0.1) is 0 Å². The highest BCUT2D eigenvalue weighted by molar-refractivity contribution is 5.96. The minimum absolute atomic E-state index is 0.134. The van der Waals surface area contributed by atoms with Gasteiger partial charge in [0, 0.05) is 25.2 Å². The Hall–Kier alpha value is -1.35. The van der Waals surface area contributed by atoms with Crippen LogP contribution in [0.1, 0.15) is 28.4 Å². The SMILES string of the molecule is CCc1ccc2c(c1)CCN(CCN)C2=O. The normalized spacial score (nSPS) is 15.1. The van der Waals surface area contributed by atoms with Crippen molar-refractivity contribution < 1.29 is 4.79 Å². The van der Waals surface area contributed by atoms with Gasteiger partial charge in [0.15, 0.2) is 0 Å². The molecule has 0 aromatic heterocycles. The van der Waals surface area contributed by atoms with Gasteiger partial charge < -0.3 is 10.6 Å². The Labute approximate surface area is 96.2 Å². The van der Waals surface area contributed by atoms with E-state index in [-0.39, 0.29) is 5.91 Å². The maximum atomic E-state index is 12.1. The first-order valence-corrected chi connectivity index (χ1v) is 5.87. The standard InChI is InChI=1S/C13H18N2O/c1-2-10-3-4-12-11(9-10)5-7-15(8-6-14)13(12)16/h3-4,9H,2,5-8,14H2,1H3. The average molecular weight is 218 g/mol. The van der Waals surface area contributed by atoms with Crippen molar-refractivity contribution in [2.24, 2.45) is 5.73 Å². The molecule has 1 amide bonds. The lowest BCUT2D eigenvalue weighted by molar-refractivity contribution is 0.0745. The summed E-state index contributed by atoms with van der Waals surface area (Å²) in [6.07, 6.45) is 1.98. The zero-order chi connectivity index (χ0) is 11.5. The van der Waals surface area contributed by atoms with Crippen LogP contribution in [0.5, 0.6) is 0 Å². The molecule has 1 aromatic rings. The van der Waals surface area contributed by atoms with E-state index in [1.165, 1.54) is 11.1 Å². The molecule has 1 aliphatic heterocycles. The average Bonchev–Trinajstić information content (AvgIpc) is 2.32. The molecule has 0 bridgehead atoms. The monoisotopic (exact) mass is 218 g/mol. The van der Waals surface area contributed by atoms with Gasteiger partial charge >= 0.3 is 0 Å². The van der Waals surface area contributed by atoms with Crippen LogP contribution >= 0.6 is 0 Å². The second kappa shape index (κ2) is 4.66. The number of amides is 1. The minimum atomic E-state index is 0.134. The number of hydrogen-bond acceptors (Lipinski definition) is 2. The highest BCUT2D eigenvalue weighted by Gasteiger charge is 2.23. The van der Waals surface area contributed by atoms with Gasteiger partial charge in [-0.3, -0.25) is 4.79 Å². The van der Waals surface area contributed by atoms with Crippen molar-refractivity contribution in [1.82, 2.24) is 4.90 Å². The van der Waals surface area contributed by atoms with Gasteiger partial charge in [-0.25, -0.2) is 0 Å². The molecule has 16 heavy (non-hydrogen) atoms. The number of carbonyl (C=O) groups excluding carboxylic acids is 1. The van der Waals surface area contributed by atoms with Gasteiger partial charge in [0.2, 0.25) is 0 Å². The smallest absolute Gasteiger partial charge is 0.254 e. The quantitative estimate of drug-likeness (QED) is 0.828. The Morgan fingerprint density at radius 1 is 1.44 bits per heavy atom.